The molecule has 0 unspecified atom stereocenters. The minimum Gasteiger partial charge on any atom is -0.394 e. The number of imidazole rings is 1. The molecule has 8 nitrogen and oxygen atoms in total. The molecule has 0 saturated carbocycles. The van der Waals surface area contributed by atoms with Crippen LogP contribution in [0.4, 0.5) is 5.82 Å². The molecular formula is C13H19N5O3. The summed E-state index contributed by atoms with van der Waals surface area (Å²) < 4.78 is 7.58. The lowest BCUT2D eigenvalue weighted by Crippen LogP contribution is -2.24. The Morgan fingerprint density at radius 1 is 1.48 bits per heavy atom. The predicted octanol–water partition coefficient (Wildman–Crippen LogP) is 0.00170. The highest BCUT2D eigenvalue weighted by Gasteiger charge is 2.36. The van der Waals surface area contributed by atoms with Gasteiger partial charge in [-0.05, 0) is 6.42 Å². The van der Waals surface area contributed by atoms with Crippen LogP contribution in [0.25, 0.3) is 11.2 Å². The molecule has 21 heavy (non-hydrogen) atoms. The Hall–Kier alpha value is -1.77. The molecule has 3 rings (SSSR count). The molecule has 2 aromatic rings. The van der Waals surface area contributed by atoms with E-state index < -0.39 is 18.4 Å². The van der Waals surface area contributed by atoms with Crippen molar-refractivity contribution in [3.05, 3.63) is 12.2 Å². The number of hydrogen-bond donors (Lipinski definition) is 3. The zero-order chi connectivity index (χ0) is 15.0. The SMILES string of the molecule is CCCc1nc2c(N)ncnc2n1[C@H]1C[C@H](O)[C@@H](CO)O1. The molecule has 0 aromatic carbocycles. The number of rotatable bonds is 4. The number of ether oxygens (including phenoxy) is 1. The van der Waals surface area contributed by atoms with E-state index in [0.29, 0.717) is 23.4 Å². The van der Waals surface area contributed by atoms with Crippen LogP contribution in [0.1, 0.15) is 31.8 Å². The monoisotopic (exact) mass is 293 g/mol. The van der Waals surface area contributed by atoms with Crippen LogP contribution < -0.4 is 5.73 Å². The van der Waals surface area contributed by atoms with Gasteiger partial charge in [-0.25, -0.2) is 15.0 Å². The second-order valence-electron chi connectivity index (χ2n) is 5.19. The molecule has 4 N–H and O–H groups in total. The number of aliphatic hydroxyl groups excluding tert-OH is 2. The molecule has 114 valence electrons. The number of anilines is 1. The average molecular weight is 293 g/mol. The highest BCUT2D eigenvalue weighted by atomic mass is 16.5. The van der Waals surface area contributed by atoms with Crippen molar-refractivity contribution in [1.29, 1.82) is 0 Å². The van der Waals surface area contributed by atoms with Gasteiger partial charge in [0.2, 0.25) is 0 Å². The van der Waals surface area contributed by atoms with Crippen molar-refractivity contribution < 1.29 is 14.9 Å². The Balaban J connectivity index is 2.08. The summed E-state index contributed by atoms with van der Waals surface area (Å²) in [6.45, 7) is 1.84. The van der Waals surface area contributed by atoms with Crippen molar-refractivity contribution in [3.8, 4) is 0 Å². The molecule has 0 radical (unpaired) electrons. The van der Waals surface area contributed by atoms with E-state index in [0.717, 1.165) is 18.7 Å². The summed E-state index contributed by atoms with van der Waals surface area (Å²) >= 11 is 0. The zero-order valence-electron chi connectivity index (χ0n) is 11.8. The number of fused-ring (bicyclic) bond motifs is 1. The lowest BCUT2D eigenvalue weighted by Gasteiger charge is -2.16. The normalized spacial score (nSPS) is 25.8. The van der Waals surface area contributed by atoms with Crippen molar-refractivity contribution in [3.63, 3.8) is 0 Å². The summed E-state index contributed by atoms with van der Waals surface area (Å²) in [6.07, 6.45) is 1.74. The van der Waals surface area contributed by atoms with Crippen molar-refractivity contribution >= 4 is 17.0 Å². The summed E-state index contributed by atoms with van der Waals surface area (Å²) in [6, 6.07) is 0. The van der Waals surface area contributed by atoms with Gasteiger partial charge in [-0.2, -0.15) is 0 Å². The summed E-state index contributed by atoms with van der Waals surface area (Å²) in [5.41, 5.74) is 7.00. The summed E-state index contributed by atoms with van der Waals surface area (Å²) in [7, 11) is 0. The van der Waals surface area contributed by atoms with Crippen molar-refractivity contribution in [2.24, 2.45) is 0 Å². The number of nitrogens with zero attached hydrogens (tertiary/aromatic N) is 4. The van der Waals surface area contributed by atoms with E-state index in [1.165, 1.54) is 6.33 Å². The van der Waals surface area contributed by atoms with E-state index in [9.17, 15) is 10.2 Å². The fourth-order valence-electron chi connectivity index (χ4n) is 2.71. The first kappa shape index (κ1) is 14.2. The van der Waals surface area contributed by atoms with Crippen molar-refractivity contribution in [2.75, 3.05) is 12.3 Å². The van der Waals surface area contributed by atoms with Gasteiger partial charge in [0.25, 0.3) is 0 Å². The molecule has 1 aliphatic rings. The molecular weight excluding hydrogens is 274 g/mol. The van der Waals surface area contributed by atoms with Gasteiger partial charge in [-0.15, -0.1) is 0 Å². The second kappa shape index (κ2) is 5.55. The van der Waals surface area contributed by atoms with E-state index >= 15 is 0 Å². The standard InChI is InChI=1S/C13H19N5O3/c1-2-3-9-17-11-12(14)15-6-16-13(11)18(9)10-4-7(20)8(5-19)21-10/h6-8,10,19-20H,2-5H2,1H3,(H2,14,15,16)/t7-,8+,10+/m0/s1. The third-order valence-corrected chi connectivity index (χ3v) is 3.72. The van der Waals surface area contributed by atoms with Crippen LogP contribution in [-0.4, -0.2) is 48.5 Å². The maximum atomic E-state index is 9.93. The topological polar surface area (TPSA) is 119 Å². The summed E-state index contributed by atoms with van der Waals surface area (Å²) in [4.78, 5) is 12.7. The number of aliphatic hydroxyl groups is 2. The van der Waals surface area contributed by atoms with Crippen LogP contribution in [0.5, 0.6) is 0 Å². The minimum atomic E-state index is -0.703. The van der Waals surface area contributed by atoms with Gasteiger partial charge >= 0.3 is 0 Å². The van der Waals surface area contributed by atoms with Gasteiger partial charge in [0.05, 0.1) is 12.7 Å². The first-order valence-corrected chi connectivity index (χ1v) is 7.07. The first-order chi connectivity index (χ1) is 10.2. The molecule has 0 spiro atoms. The van der Waals surface area contributed by atoms with Gasteiger partial charge in [0, 0.05) is 12.8 Å². The van der Waals surface area contributed by atoms with Crippen LogP contribution in [0.3, 0.4) is 0 Å². The maximum absolute atomic E-state index is 9.93. The lowest BCUT2D eigenvalue weighted by atomic mass is 10.2. The molecule has 2 aromatic heterocycles. The van der Waals surface area contributed by atoms with Gasteiger partial charge in [0.15, 0.2) is 17.0 Å². The van der Waals surface area contributed by atoms with Crippen LogP contribution in [0.15, 0.2) is 6.33 Å². The Morgan fingerprint density at radius 3 is 2.95 bits per heavy atom. The smallest absolute Gasteiger partial charge is 0.167 e. The Kier molecular flexibility index (Phi) is 3.75. The fourth-order valence-corrected chi connectivity index (χ4v) is 2.71. The van der Waals surface area contributed by atoms with E-state index in [1.807, 2.05) is 4.57 Å². The molecule has 0 aliphatic carbocycles. The van der Waals surface area contributed by atoms with Gasteiger partial charge in [0.1, 0.15) is 24.5 Å². The van der Waals surface area contributed by atoms with E-state index in [-0.39, 0.29) is 6.61 Å². The average Bonchev–Trinajstić information content (AvgIpc) is 3.00. The van der Waals surface area contributed by atoms with Crippen LogP contribution >= 0.6 is 0 Å². The molecule has 3 atom stereocenters. The Bertz CT molecular complexity index is 644. The summed E-state index contributed by atoms with van der Waals surface area (Å²) in [5.74, 6) is 1.13. The maximum Gasteiger partial charge on any atom is 0.167 e. The molecule has 0 amide bonds. The lowest BCUT2D eigenvalue weighted by molar-refractivity contribution is -0.0440. The zero-order valence-corrected chi connectivity index (χ0v) is 11.8. The van der Waals surface area contributed by atoms with E-state index in [1.54, 1.807) is 0 Å². The van der Waals surface area contributed by atoms with Gasteiger partial charge in [-0.3, -0.25) is 4.57 Å². The van der Waals surface area contributed by atoms with Crippen LogP contribution in [-0.2, 0) is 11.2 Å². The summed E-state index contributed by atoms with van der Waals surface area (Å²) in [5, 5.41) is 19.2. The molecule has 3 heterocycles. The van der Waals surface area contributed by atoms with Crippen LogP contribution in [0.2, 0.25) is 0 Å². The fraction of sp³-hybridized carbons (Fsp3) is 0.615. The number of nitrogens with two attached hydrogens (primary N) is 1. The van der Waals surface area contributed by atoms with Gasteiger partial charge in [-0.1, -0.05) is 6.92 Å². The number of aryl methyl sites for hydroxylation is 1. The largest absolute Gasteiger partial charge is 0.394 e. The Morgan fingerprint density at radius 2 is 2.29 bits per heavy atom. The first-order valence-electron chi connectivity index (χ1n) is 7.07. The molecule has 8 heteroatoms. The number of hydrogen-bond acceptors (Lipinski definition) is 7. The Labute approximate surface area is 121 Å². The molecule has 1 fully saturated rings. The van der Waals surface area contributed by atoms with Crippen molar-refractivity contribution in [2.45, 2.75) is 44.6 Å². The van der Waals surface area contributed by atoms with E-state index in [2.05, 4.69) is 21.9 Å². The predicted molar refractivity (Wildman–Crippen MR) is 75.4 cm³/mol. The van der Waals surface area contributed by atoms with Crippen molar-refractivity contribution in [1.82, 2.24) is 19.5 Å². The molecule has 1 saturated heterocycles. The minimum absolute atomic E-state index is 0.218. The third-order valence-electron chi connectivity index (χ3n) is 3.72. The molecule has 0 bridgehead atoms. The van der Waals surface area contributed by atoms with Gasteiger partial charge < -0.3 is 20.7 Å². The second-order valence-corrected chi connectivity index (χ2v) is 5.19. The van der Waals surface area contributed by atoms with Crippen LogP contribution in [0, 0.1) is 0 Å². The highest BCUT2D eigenvalue weighted by Crippen LogP contribution is 2.33. The highest BCUT2D eigenvalue weighted by molar-refractivity contribution is 5.81. The third kappa shape index (κ3) is 2.35. The quantitative estimate of drug-likeness (QED) is 0.726. The molecule has 1 aliphatic heterocycles. The number of nitrogen functional groups attached to an aromatic ring is 1. The number of aromatic nitrogens is 4. The van der Waals surface area contributed by atoms with E-state index in [4.69, 9.17) is 10.5 Å².